The van der Waals surface area contributed by atoms with Gasteiger partial charge in [-0.05, 0) is 36.8 Å². The van der Waals surface area contributed by atoms with Crippen molar-refractivity contribution in [2.45, 2.75) is 52.4 Å². The predicted octanol–water partition coefficient (Wildman–Crippen LogP) is 2.93. The molecule has 2 aliphatic rings. The van der Waals surface area contributed by atoms with Gasteiger partial charge in [-0.15, -0.1) is 0 Å². The fourth-order valence-corrected chi connectivity index (χ4v) is 4.11. The molecule has 2 fully saturated rings. The summed E-state index contributed by atoms with van der Waals surface area (Å²) in [6.07, 6.45) is 5.15. The van der Waals surface area contributed by atoms with Gasteiger partial charge in [-0.25, -0.2) is 0 Å². The van der Waals surface area contributed by atoms with E-state index in [2.05, 4.69) is 5.32 Å². The van der Waals surface area contributed by atoms with Gasteiger partial charge in [0.2, 0.25) is 17.7 Å². The SMILES string of the molecule is CCc1cccc(CC)c1NC(=O)CN1C(=O)[C@H]2CCCC[C@H]2C1=O. The van der Waals surface area contributed by atoms with Crippen LogP contribution in [0.1, 0.15) is 50.7 Å². The maximum atomic E-state index is 12.5. The highest BCUT2D eigenvalue weighted by Crippen LogP contribution is 2.37. The fraction of sp³-hybridized carbons (Fsp3) is 0.550. The second-order valence-corrected chi connectivity index (χ2v) is 6.97. The number of likely N-dealkylation sites (tertiary alicyclic amines) is 1. The number of aryl methyl sites for hydroxylation is 2. The second-order valence-electron chi connectivity index (χ2n) is 6.97. The summed E-state index contributed by atoms with van der Waals surface area (Å²) >= 11 is 0. The number of carbonyl (C=O) groups is 3. The molecule has 1 aliphatic carbocycles. The van der Waals surface area contributed by atoms with E-state index in [1.165, 1.54) is 4.90 Å². The summed E-state index contributed by atoms with van der Waals surface area (Å²) in [6, 6.07) is 5.98. The van der Waals surface area contributed by atoms with Crippen molar-refractivity contribution >= 4 is 23.4 Å². The Morgan fingerprint density at radius 1 is 1.04 bits per heavy atom. The van der Waals surface area contributed by atoms with Crippen LogP contribution in [-0.2, 0) is 27.2 Å². The van der Waals surface area contributed by atoms with Gasteiger partial charge in [0.1, 0.15) is 6.54 Å². The van der Waals surface area contributed by atoms with Gasteiger partial charge in [-0.2, -0.15) is 0 Å². The first-order valence-corrected chi connectivity index (χ1v) is 9.32. The molecule has 1 saturated heterocycles. The lowest BCUT2D eigenvalue weighted by Crippen LogP contribution is -2.38. The molecule has 1 aliphatic heterocycles. The Morgan fingerprint density at radius 2 is 1.56 bits per heavy atom. The number of para-hydroxylation sites is 1. The van der Waals surface area contributed by atoms with Crippen molar-refractivity contribution in [1.29, 1.82) is 0 Å². The van der Waals surface area contributed by atoms with Crippen LogP contribution in [0.3, 0.4) is 0 Å². The minimum absolute atomic E-state index is 0.163. The highest BCUT2D eigenvalue weighted by molar-refractivity contribution is 6.08. The zero-order chi connectivity index (χ0) is 18.0. The van der Waals surface area contributed by atoms with E-state index >= 15 is 0 Å². The van der Waals surface area contributed by atoms with E-state index < -0.39 is 0 Å². The Balaban J connectivity index is 1.73. The normalized spacial score (nSPS) is 22.9. The van der Waals surface area contributed by atoms with Crippen molar-refractivity contribution in [2.75, 3.05) is 11.9 Å². The van der Waals surface area contributed by atoms with Gasteiger partial charge < -0.3 is 5.32 Å². The Bertz CT molecular complexity index is 652. The Morgan fingerprint density at radius 3 is 2.04 bits per heavy atom. The van der Waals surface area contributed by atoms with E-state index in [1.54, 1.807) is 0 Å². The molecular formula is C20H26N2O3. The van der Waals surface area contributed by atoms with Crippen LogP contribution < -0.4 is 5.32 Å². The van der Waals surface area contributed by atoms with Crippen molar-refractivity contribution in [3.63, 3.8) is 0 Å². The summed E-state index contributed by atoms with van der Waals surface area (Å²) in [4.78, 5) is 38.7. The third-order valence-corrected chi connectivity index (χ3v) is 5.50. The molecule has 0 spiro atoms. The van der Waals surface area contributed by atoms with E-state index in [-0.39, 0.29) is 36.1 Å². The van der Waals surface area contributed by atoms with Crippen molar-refractivity contribution in [2.24, 2.45) is 11.8 Å². The smallest absolute Gasteiger partial charge is 0.244 e. The number of amides is 3. The van der Waals surface area contributed by atoms with Gasteiger partial charge in [0, 0.05) is 5.69 Å². The lowest BCUT2D eigenvalue weighted by molar-refractivity contribution is -0.142. The molecule has 0 bridgehead atoms. The number of fused-ring (bicyclic) bond motifs is 1. The number of nitrogens with zero attached hydrogens (tertiary/aromatic N) is 1. The van der Waals surface area contributed by atoms with Gasteiger partial charge >= 0.3 is 0 Å². The third kappa shape index (κ3) is 3.32. The maximum absolute atomic E-state index is 12.5. The molecule has 5 heteroatoms. The zero-order valence-corrected chi connectivity index (χ0v) is 15.0. The zero-order valence-electron chi connectivity index (χ0n) is 15.0. The monoisotopic (exact) mass is 342 g/mol. The first kappa shape index (κ1) is 17.6. The number of carbonyl (C=O) groups excluding carboxylic acids is 3. The summed E-state index contributed by atoms with van der Waals surface area (Å²) in [7, 11) is 0. The minimum Gasteiger partial charge on any atom is -0.324 e. The topological polar surface area (TPSA) is 66.5 Å². The average molecular weight is 342 g/mol. The lowest BCUT2D eigenvalue weighted by atomic mass is 9.81. The quantitative estimate of drug-likeness (QED) is 0.837. The van der Waals surface area contributed by atoms with Crippen LogP contribution >= 0.6 is 0 Å². The summed E-state index contributed by atoms with van der Waals surface area (Å²) in [5.74, 6) is -1.03. The molecule has 1 aromatic carbocycles. The number of imide groups is 1. The predicted molar refractivity (Wildman–Crippen MR) is 96.0 cm³/mol. The molecule has 3 amide bonds. The minimum atomic E-state index is -0.295. The molecule has 2 atom stereocenters. The first-order valence-electron chi connectivity index (χ1n) is 9.32. The number of benzene rings is 1. The number of anilines is 1. The number of nitrogens with one attached hydrogen (secondary N) is 1. The second kappa shape index (κ2) is 7.38. The highest BCUT2D eigenvalue weighted by atomic mass is 16.2. The molecule has 1 aromatic rings. The average Bonchev–Trinajstić information content (AvgIpc) is 2.87. The van der Waals surface area contributed by atoms with Crippen LogP contribution in [-0.4, -0.2) is 29.2 Å². The van der Waals surface area contributed by atoms with Crippen molar-refractivity contribution < 1.29 is 14.4 Å². The maximum Gasteiger partial charge on any atom is 0.244 e. The molecule has 134 valence electrons. The van der Waals surface area contributed by atoms with Gasteiger partial charge in [0.25, 0.3) is 0 Å². The van der Waals surface area contributed by atoms with Crippen LogP contribution in [0.2, 0.25) is 0 Å². The summed E-state index contributed by atoms with van der Waals surface area (Å²) in [5, 5.41) is 2.95. The summed E-state index contributed by atoms with van der Waals surface area (Å²) < 4.78 is 0. The van der Waals surface area contributed by atoms with Gasteiger partial charge in [-0.1, -0.05) is 44.9 Å². The molecule has 0 unspecified atom stereocenters. The number of hydrogen-bond donors (Lipinski definition) is 1. The summed E-state index contributed by atoms with van der Waals surface area (Å²) in [6.45, 7) is 3.91. The van der Waals surface area contributed by atoms with E-state index in [0.717, 1.165) is 55.3 Å². The van der Waals surface area contributed by atoms with Crippen LogP contribution in [0.4, 0.5) is 5.69 Å². The molecule has 1 saturated carbocycles. The fourth-order valence-electron chi connectivity index (χ4n) is 4.11. The first-order chi connectivity index (χ1) is 12.1. The molecule has 3 rings (SSSR count). The van der Waals surface area contributed by atoms with Gasteiger partial charge in [-0.3, -0.25) is 19.3 Å². The molecule has 5 nitrogen and oxygen atoms in total. The van der Waals surface area contributed by atoms with E-state index in [9.17, 15) is 14.4 Å². The van der Waals surface area contributed by atoms with Crippen molar-refractivity contribution in [3.05, 3.63) is 29.3 Å². The van der Waals surface area contributed by atoms with Crippen LogP contribution in [0.5, 0.6) is 0 Å². The summed E-state index contributed by atoms with van der Waals surface area (Å²) in [5.41, 5.74) is 2.97. The molecule has 1 heterocycles. The molecule has 0 aromatic heterocycles. The van der Waals surface area contributed by atoms with Crippen LogP contribution in [0, 0.1) is 11.8 Å². The van der Waals surface area contributed by atoms with Gasteiger partial charge in [0.05, 0.1) is 11.8 Å². The van der Waals surface area contributed by atoms with E-state index in [0.29, 0.717) is 0 Å². The van der Waals surface area contributed by atoms with E-state index in [4.69, 9.17) is 0 Å². The van der Waals surface area contributed by atoms with E-state index in [1.807, 2.05) is 32.0 Å². The Labute approximate surface area is 148 Å². The van der Waals surface area contributed by atoms with Gasteiger partial charge in [0.15, 0.2) is 0 Å². The molecule has 0 radical (unpaired) electrons. The molecule has 25 heavy (non-hydrogen) atoms. The van der Waals surface area contributed by atoms with Crippen LogP contribution in [0.15, 0.2) is 18.2 Å². The number of hydrogen-bond acceptors (Lipinski definition) is 3. The molecular weight excluding hydrogens is 316 g/mol. The Kier molecular flexibility index (Phi) is 5.21. The van der Waals surface area contributed by atoms with Crippen LogP contribution in [0.25, 0.3) is 0 Å². The Hall–Kier alpha value is -2.17. The molecule has 1 N–H and O–H groups in total. The van der Waals surface area contributed by atoms with Crippen molar-refractivity contribution in [1.82, 2.24) is 4.90 Å². The largest absolute Gasteiger partial charge is 0.324 e. The van der Waals surface area contributed by atoms with Crippen molar-refractivity contribution in [3.8, 4) is 0 Å². The third-order valence-electron chi connectivity index (χ3n) is 5.50. The standard InChI is InChI=1S/C20H26N2O3/c1-3-13-8-7-9-14(4-2)18(13)21-17(23)12-22-19(24)15-10-5-6-11-16(15)20(22)25/h7-9,15-16H,3-6,10-12H2,1-2H3,(H,21,23)/t15-,16+. The lowest BCUT2D eigenvalue weighted by Gasteiger charge is -2.19. The highest BCUT2D eigenvalue weighted by Gasteiger charge is 2.48. The number of rotatable bonds is 5.